The maximum atomic E-state index is 12.9. The summed E-state index contributed by atoms with van der Waals surface area (Å²) in [6.45, 7) is 7.54. The predicted molar refractivity (Wildman–Crippen MR) is 88.5 cm³/mol. The average Bonchev–Trinajstić information content (AvgIpc) is 3.26. The molecule has 126 valence electrons. The highest BCUT2D eigenvalue weighted by molar-refractivity contribution is 7.89. The Kier molecular flexibility index (Phi) is 4.23. The molecular formula is C17H24N2O3S. The minimum absolute atomic E-state index is 0.164. The molecule has 2 fully saturated rings. The number of hydrogen-bond acceptors (Lipinski definition) is 3. The lowest BCUT2D eigenvalue weighted by atomic mass is 10.2. The van der Waals surface area contributed by atoms with Gasteiger partial charge in [0.1, 0.15) is 0 Å². The van der Waals surface area contributed by atoms with Crippen LogP contribution in [0.3, 0.4) is 0 Å². The third-order valence-corrected chi connectivity index (χ3v) is 6.98. The molecule has 2 atom stereocenters. The number of nitrogens with zero attached hydrogens (tertiary/aromatic N) is 2. The van der Waals surface area contributed by atoms with E-state index in [1.807, 2.05) is 30.9 Å². The van der Waals surface area contributed by atoms with Gasteiger partial charge in [-0.15, -0.1) is 0 Å². The molecule has 0 radical (unpaired) electrons. The molecule has 0 N–H and O–H groups in total. The first-order chi connectivity index (χ1) is 10.8. The fraction of sp³-hybridized carbons (Fsp3) is 0.588. The molecule has 6 heteroatoms. The Labute approximate surface area is 138 Å². The highest BCUT2D eigenvalue weighted by atomic mass is 32.2. The van der Waals surface area contributed by atoms with Crippen molar-refractivity contribution in [2.24, 2.45) is 11.8 Å². The molecule has 1 aromatic carbocycles. The first kappa shape index (κ1) is 16.5. The Morgan fingerprint density at radius 2 is 1.74 bits per heavy atom. The van der Waals surface area contributed by atoms with Gasteiger partial charge >= 0.3 is 0 Å². The molecule has 3 rings (SSSR count). The maximum absolute atomic E-state index is 12.9. The molecule has 1 aliphatic heterocycles. The zero-order valence-corrected chi connectivity index (χ0v) is 14.8. The van der Waals surface area contributed by atoms with E-state index in [1.54, 1.807) is 6.07 Å². The second-order valence-electron chi connectivity index (χ2n) is 6.82. The summed E-state index contributed by atoms with van der Waals surface area (Å²) in [5, 5.41) is 0. The molecule has 1 saturated carbocycles. The van der Waals surface area contributed by atoms with E-state index in [0.29, 0.717) is 37.0 Å². The van der Waals surface area contributed by atoms with Crippen LogP contribution >= 0.6 is 0 Å². The van der Waals surface area contributed by atoms with Gasteiger partial charge in [0.15, 0.2) is 0 Å². The van der Waals surface area contributed by atoms with Crippen molar-refractivity contribution in [2.75, 3.05) is 26.2 Å². The van der Waals surface area contributed by atoms with Gasteiger partial charge in [-0.05, 0) is 43.4 Å². The van der Waals surface area contributed by atoms with Crippen LogP contribution in [0.25, 0.3) is 0 Å². The monoisotopic (exact) mass is 336 g/mol. The van der Waals surface area contributed by atoms with E-state index >= 15 is 0 Å². The van der Waals surface area contributed by atoms with E-state index in [-0.39, 0.29) is 11.8 Å². The van der Waals surface area contributed by atoms with Crippen molar-refractivity contribution < 1.29 is 13.2 Å². The molecule has 0 unspecified atom stereocenters. The number of carbonyl (C=O) groups excluding carboxylic acids is 1. The molecule has 1 aliphatic carbocycles. The summed E-state index contributed by atoms with van der Waals surface area (Å²) in [7, 11) is -3.48. The summed E-state index contributed by atoms with van der Waals surface area (Å²) in [6.07, 6.45) is 0.972. The van der Waals surface area contributed by atoms with Crippen LogP contribution in [0.2, 0.25) is 0 Å². The predicted octanol–water partition coefficient (Wildman–Crippen LogP) is 1.79. The lowest BCUT2D eigenvalue weighted by molar-refractivity contribution is -0.134. The molecule has 1 amide bonds. The van der Waals surface area contributed by atoms with Crippen LogP contribution in [0.4, 0.5) is 0 Å². The highest BCUT2D eigenvalue weighted by Gasteiger charge is 2.42. The van der Waals surface area contributed by atoms with E-state index in [1.165, 1.54) is 4.31 Å². The smallest absolute Gasteiger partial charge is 0.243 e. The number of amides is 1. The number of carbonyl (C=O) groups is 1. The SMILES string of the molecule is Cc1ccc(C)c(S(=O)(=O)N2CCN(C(=O)[C@H]3C[C@H]3C)CC2)c1. The molecule has 5 nitrogen and oxygen atoms in total. The lowest BCUT2D eigenvalue weighted by Gasteiger charge is -2.34. The standard InChI is InChI=1S/C17H24N2O3S/c1-12-4-5-13(2)16(10-12)23(21,22)19-8-6-18(7-9-19)17(20)15-11-14(15)3/h4-5,10,14-15H,6-9,11H2,1-3H3/t14-,15+/m1/s1. The van der Waals surface area contributed by atoms with Gasteiger partial charge in [-0.25, -0.2) is 8.42 Å². The summed E-state index contributed by atoms with van der Waals surface area (Å²) < 4.78 is 27.2. The Balaban J connectivity index is 1.71. The quantitative estimate of drug-likeness (QED) is 0.846. The molecule has 1 heterocycles. The van der Waals surface area contributed by atoms with Crippen molar-refractivity contribution in [3.8, 4) is 0 Å². The molecule has 2 aliphatic rings. The van der Waals surface area contributed by atoms with Crippen LogP contribution < -0.4 is 0 Å². The van der Waals surface area contributed by atoms with Gasteiger partial charge in [0.05, 0.1) is 4.90 Å². The first-order valence-corrected chi connectivity index (χ1v) is 9.61. The number of aryl methyl sites for hydroxylation is 2. The first-order valence-electron chi connectivity index (χ1n) is 8.17. The van der Waals surface area contributed by atoms with Crippen LogP contribution in [0.15, 0.2) is 23.1 Å². The third-order valence-electron chi connectivity index (χ3n) is 4.94. The number of hydrogen-bond donors (Lipinski definition) is 0. The molecule has 0 spiro atoms. The normalized spacial score (nSPS) is 25.4. The van der Waals surface area contributed by atoms with Gasteiger partial charge in [-0.1, -0.05) is 19.1 Å². The molecule has 1 saturated heterocycles. The van der Waals surface area contributed by atoms with Crippen molar-refractivity contribution in [2.45, 2.75) is 32.1 Å². The minimum Gasteiger partial charge on any atom is -0.340 e. The minimum atomic E-state index is -3.48. The van der Waals surface area contributed by atoms with Crippen LogP contribution in [0.5, 0.6) is 0 Å². The van der Waals surface area contributed by atoms with Crippen molar-refractivity contribution in [1.29, 1.82) is 0 Å². The van der Waals surface area contributed by atoms with E-state index in [0.717, 1.165) is 17.5 Å². The average molecular weight is 336 g/mol. The molecule has 0 bridgehead atoms. The van der Waals surface area contributed by atoms with Crippen molar-refractivity contribution in [3.05, 3.63) is 29.3 Å². The number of rotatable bonds is 3. The van der Waals surface area contributed by atoms with Gasteiger partial charge in [0, 0.05) is 32.1 Å². The van der Waals surface area contributed by atoms with Crippen molar-refractivity contribution in [1.82, 2.24) is 9.21 Å². The topological polar surface area (TPSA) is 57.7 Å². The fourth-order valence-corrected chi connectivity index (χ4v) is 4.91. The largest absolute Gasteiger partial charge is 0.340 e. The van der Waals surface area contributed by atoms with Crippen LogP contribution in [-0.4, -0.2) is 49.7 Å². The molecule has 0 aromatic heterocycles. The van der Waals surface area contributed by atoms with E-state index in [2.05, 4.69) is 6.92 Å². The third kappa shape index (κ3) is 3.15. The summed E-state index contributed by atoms with van der Waals surface area (Å²) in [6, 6.07) is 5.49. The van der Waals surface area contributed by atoms with Gasteiger partial charge in [-0.2, -0.15) is 4.31 Å². The van der Waals surface area contributed by atoms with Gasteiger partial charge in [-0.3, -0.25) is 4.79 Å². The zero-order valence-electron chi connectivity index (χ0n) is 13.9. The summed E-state index contributed by atoms with van der Waals surface area (Å²) in [5.41, 5.74) is 1.70. The zero-order chi connectivity index (χ0) is 16.8. The summed E-state index contributed by atoms with van der Waals surface area (Å²) >= 11 is 0. The molecule has 1 aromatic rings. The number of benzene rings is 1. The highest BCUT2D eigenvalue weighted by Crippen LogP contribution is 2.39. The molecule has 23 heavy (non-hydrogen) atoms. The van der Waals surface area contributed by atoms with Gasteiger partial charge in [0.25, 0.3) is 0 Å². The Morgan fingerprint density at radius 3 is 2.30 bits per heavy atom. The summed E-state index contributed by atoms with van der Waals surface area (Å²) in [4.78, 5) is 14.5. The van der Waals surface area contributed by atoms with Gasteiger partial charge in [0.2, 0.25) is 15.9 Å². The van der Waals surface area contributed by atoms with Crippen molar-refractivity contribution in [3.63, 3.8) is 0 Å². The second-order valence-corrected chi connectivity index (χ2v) is 8.72. The lowest BCUT2D eigenvalue weighted by Crippen LogP contribution is -2.51. The number of piperazine rings is 1. The van der Waals surface area contributed by atoms with Crippen molar-refractivity contribution >= 4 is 15.9 Å². The Hall–Kier alpha value is -1.40. The van der Waals surface area contributed by atoms with E-state index in [4.69, 9.17) is 0 Å². The van der Waals surface area contributed by atoms with Crippen LogP contribution in [0, 0.1) is 25.7 Å². The Morgan fingerprint density at radius 1 is 1.13 bits per heavy atom. The maximum Gasteiger partial charge on any atom is 0.243 e. The Bertz CT molecular complexity index is 721. The number of sulfonamides is 1. The summed E-state index contributed by atoms with van der Waals surface area (Å²) in [5.74, 6) is 0.845. The van der Waals surface area contributed by atoms with E-state index < -0.39 is 10.0 Å². The van der Waals surface area contributed by atoms with Gasteiger partial charge < -0.3 is 4.90 Å². The van der Waals surface area contributed by atoms with Crippen LogP contribution in [-0.2, 0) is 14.8 Å². The van der Waals surface area contributed by atoms with Crippen LogP contribution in [0.1, 0.15) is 24.5 Å². The fourth-order valence-electron chi connectivity index (χ4n) is 3.17. The van der Waals surface area contributed by atoms with E-state index in [9.17, 15) is 13.2 Å². The molecular weight excluding hydrogens is 312 g/mol. The second kappa shape index (κ2) is 5.91.